The van der Waals surface area contributed by atoms with Crippen molar-refractivity contribution in [2.75, 3.05) is 0 Å². The van der Waals surface area contributed by atoms with Crippen LogP contribution in [0.5, 0.6) is 0 Å². The summed E-state index contributed by atoms with van der Waals surface area (Å²) in [6.45, 7) is 2.27. The molecule has 0 unspecified atom stereocenters. The number of unbranched alkanes of at least 4 members (excludes halogenated alkanes) is 12. The van der Waals surface area contributed by atoms with E-state index in [4.69, 9.17) is 5.26 Å². The highest BCUT2D eigenvalue weighted by Gasteiger charge is 1.92. The molecule has 1 N–H and O–H groups in total. The first-order valence-corrected chi connectivity index (χ1v) is 8.53. The van der Waals surface area contributed by atoms with Crippen LogP contribution in [0.4, 0.5) is 0 Å². The van der Waals surface area contributed by atoms with Crippen LogP contribution >= 0.6 is 0 Å². The Morgan fingerprint density at radius 3 is 1.70 bits per heavy atom. The predicted molar refractivity (Wildman–Crippen MR) is 87.7 cm³/mol. The van der Waals surface area contributed by atoms with Crippen molar-refractivity contribution >= 4 is 0 Å². The third-order valence-electron chi connectivity index (χ3n) is 3.61. The van der Waals surface area contributed by atoms with E-state index in [2.05, 4.69) is 17.9 Å². The molecule has 0 rings (SSSR count). The molecule has 0 saturated carbocycles. The van der Waals surface area contributed by atoms with Crippen LogP contribution in [0.2, 0.25) is 0 Å². The smallest absolute Gasteiger partial charge is 0.129 e. The normalized spacial score (nSPS) is 11.7. The van der Waals surface area contributed by atoms with Crippen molar-refractivity contribution in [1.29, 1.82) is 0 Å². The maximum absolute atomic E-state index is 8.06. The summed E-state index contributed by atoms with van der Waals surface area (Å²) in [6.07, 6.45) is 24.8. The van der Waals surface area contributed by atoms with Crippen molar-refractivity contribution < 1.29 is 10.1 Å². The fourth-order valence-corrected chi connectivity index (χ4v) is 2.36. The summed E-state index contributed by atoms with van der Waals surface area (Å²) < 4.78 is 0. The fraction of sp³-hybridized carbons (Fsp3) is 0.778. The number of rotatable bonds is 15. The van der Waals surface area contributed by atoms with Gasteiger partial charge in [-0.15, -0.1) is 0 Å². The van der Waals surface area contributed by atoms with Gasteiger partial charge in [-0.1, -0.05) is 89.7 Å². The van der Waals surface area contributed by atoms with E-state index in [1.165, 1.54) is 83.3 Å². The maximum Gasteiger partial charge on any atom is 0.129 e. The third kappa shape index (κ3) is 17.2. The van der Waals surface area contributed by atoms with Crippen molar-refractivity contribution in [3.05, 3.63) is 24.5 Å². The van der Waals surface area contributed by atoms with Crippen LogP contribution in [0, 0.1) is 0 Å². The predicted octanol–water partition coefficient (Wildman–Crippen LogP) is 6.64. The summed E-state index contributed by atoms with van der Waals surface area (Å²) in [5.41, 5.74) is 0. The molecule has 0 heterocycles. The lowest BCUT2D eigenvalue weighted by Crippen LogP contribution is -1.82. The highest BCUT2D eigenvalue weighted by atomic mass is 17.1. The number of hydrogen-bond donors (Lipinski definition) is 1. The molecule has 0 aromatic carbocycles. The topological polar surface area (TPSA) is 29.5 Å². The molecule has 0 fully saturated rings. The van der Waals surface area contributed by atoms with Gasteiger partial charge < -0.3 is 4.89 Å². The SMILES string of the molecule is CCCCCCCCCCCCCCC=CC=COO. The summed E-state index contributed by atoms with van der Waals surface area (Å²) in [5.74, 6) is 0. The molecule has 0 aliphatic carbocycles. The van der Waals surface area contributed by atoms with Gasteiger partial charge in [0.2, 0.25) is 0 Å². The molecule has 0 saturated heterocycles. The van der Waals surface area contributed by atoms with Crippen molar-refractivity contribution in [3.63, 3.8) is 0 Å². The van der Waals surface area contributed by atoms with Gasteiger partial charge in [-0.2, -0.15) is 0 Å². The van der Waals surface area contributed by atoms with Crippen LogP contribution in [-0.4, -0.2) is 5.26 Å². The van der Waals surface area contributed by atoms with Gasteiger partial charge in [0.05, 0.1) is 0 Å². The average molecular weight is 282 g/mol. The van der Waals surface area contributed by atoms with E-state index < -0.39 is 0 Å². The van der Waals surface area contributed by atoms with Gasteiger partial charge in [-0.25, -0.2) is 5.26 Å². The molecule has 0 aliphatic rings. The molecular formula is C18H34O2. The van der Waals surface area contributed by atoms with E-state index >= 15 is 0 Å². The zero-order valence-electron chi connectivity index (χ0n) is 13.4. The standard InChI is InChI=1S/C18H34O2/c1-2-3-4-5-6-7-8-9-10-11-12-13-14-15-16-17-18-20-19/h15-19H,2-14H2,1H3. The van der Waals surface area contributed by atoms with Crippen LogP contribution in [0.1, 0.15) is 90.4 Å². The average Bonchev–Trinajstić information content (AvgIpc) is 2.47. The Balaban J connectivity index is 3.02. The second-order valence-electron chi connectivity index (χ2n) is 5.54. The second-order valence-corrected chi connectivity index (χ2v) is 5.54. The molecule has 0 bridgehead atoms. The molecule has 2 heteroatoms. The number of hydrogen-bond acceptors (Lipinski definition) is 2. The van der Waals surface area contributed by atoms with E-state index in [1.807, 2.05) is 6.08 Å². The van der Waals surface area contributed by atoms with E-state index in [1.54, 1.807) is 6.08 Å². The highest BCUT2D eigenvalue weighted by molar-refractivity contribution is 4.99. The van der Waals surface area contributed by atoms with E-state index in [0.717, 1.165) is 6.42 Å². The van der Waals surface area contributed by atoms with E-state index in [0.29, 0.717) is 0 Å². The van der Waals surface area contributed by atoms with Gasteiger partial charge in [-0.05, 0) is 18.9 Å². The third-order valence-corrected chi connectivity index (χ3v) is 3.61. The van der Waals surface area contributed by atoms with Crippen molar-refractivity contribution in [2.24, 2.45) is 0 Å². The molecule has 20 heavy (non-hydrogen) atoms. The lowest BCUT2D eigenvalue weighted by molar-refractivity contribution is -0.186. The summed E-state index contributed by atoms with van der Waals surface area (Å²) in [6, 6.07) is 0. The van der Waals surface area contributed by atoms with Gasteiger partial charge in [-0.3, -0.25) is 0 Å². The maximum atomic E-state index is 8.06. The van der Waals surface area contributed by atoms with Crippen LogP contribution in [0.25, 0.3) is 0 Å². The van der Waals surface area contributed by atoms with Crippen molar-refractivity contribution in [3.8, 4) is 0 Å². The van der Waals surface area contributed by atoms with Gasteiger partial charge >= 0.3 is 0 Å². The van der Waals surface area contributed by atoms with Crippen LogP contribution in [0.3, 0.4) is 0 Å². The molecule has 2 nitrogen and oxygen atoms in total. The van der Waals surface area contributed by atoms with Gasteiger partial charge in [0.25, 0.3) is 0 Å². The summed E-state index contributed by atoms with van der Waals surface area (Å²) >= 11 is 0. The molecule has 0 aliphatic heterocycles. The minimum absolute atomic E-state index is 1.12. The molecule has 0 aromatic rings. The Kier molecular flexibility index (Phi) is 17.5. The Morgan fingerprint density at radius 1 is 0.700 bits per heavy atom. The Labute approximate surface area is 125 Å². The fourth-order valence-electron chi connectivity index (χ4n) is 2.36. The summed E-state index contributed by atoms with van der Waals surface area (Å²) in [7, 11) is 0. The Morgan fingerprint density at radius 2 is 1.20 bits per heavy atom. The monoisotopic (exact) mass is 282 g/mol. The first-order chi connectivity index (χ1) is 9.91. The Hall–Kier alpha value is -0.760. The molecule has 0 atom stereocenters. The quantitative estimate of drug-likeness (QED) is 0.120. The minimum Gasteiger partial charge on any atom is -0.348 e. The second kappa shape index (κ2) is 18.2. The molecule has 0 aromatic heterocycles. The lowest BCUT2D eigenvalue weighted by Gasteiger charge is -2.02. The largest absolute Gasteiger partial charge is 0.348 e. The van der Waals surface area contributed by atoms with Gasteiger partial charge in [0, 0.05) is 0 Å². The van der Waals surface area contributed by atoms with Gasteiger partial charge in [0.15, 0.2) is 0 Å². The zero-order chi connectivity index (χ0) is 14.7. The highest BCUT2D eigenvalue weighted by Crippen LogP contribution is 2.12. The van der Waals surface area contributed by atoms with E-state index in [9.17, 15) is 0 Å². The summed E-state index contributed by atoms with van der Waals surface area (Å²) in [4.78, 5) is 3.83. The minimum atomic E-state index is 1.12. The Bertz CT molecular complexity index is 221. The molecule has 0 spiro atoms. The van der Waals surface area contributed by atoms with E-state index in [-0.39, 0.29) is 0 Å². The first-order valence-electron chi connectivity index (χ1n) is 8.53. The van der Waals surface area contributed by atoms with Crippen molar-refractivity contribution in [1.82, 2.24) is 0 Å². The number of allylic oxidation sites excluding steroid dienone is 3. The molecular weight excluding hydrogens is 248 g/mol. The lowest BCUT2D eigenvalue weighted by atomic mass is 10.0. The van der Waals surface area contributed by atoms with Crippen molar-refractivity contribution in [2.45, 2.75) is 90.4 Å². The van der Waals surface area contributed by atoms with Crippen LogP contribution < -0.4 is 0 Å². The summed E-state index contributed by atoms with van der Waals surface area (Å²) in [5, 5.41) is 8.06. The van der Waals surface area contributed by atoms with Gasteiger partial charge in [0.1, 0.15) is 6.26 Å². The molecule has 0 radical (unpaired) electrons. The van der Waals surface area contributed by atoms with Crippen LogP contribution in [-0.2, 0) is 4.89 Å². The molecule has 118 valence electrons. The molecule has 0 amide bonds. The van der Waals surface area contributed by atoms with Crippen LogP contribution in [0.15, 0.2) is 24.5 Å². The first kappa shape index (κ1) is 19.2. The zero-order valence-corrected chi connectivity index (χ0v) is 13.4.